The van der Waals surface area contributed by atoms with Crippen molar-refractivity contribution < 1.29 is 13.2 Å². The molecular weight excluding hydrogens is 264 g/mol. The molecule has 1 aromatic carbocycles. The molecule has 0 saturated carbocycles. The normalized spacial score (nSPS) is 19.6. The van der Waals surface area contributed by atoms with Gasteiger partial charge in [0.2, 0.25) is 10.0 Å². The predicted octanol–water partition coefficient (Wildman–Crippen LogP) is 1.81. The molecule has 0 radical (unpaired) electrons. The van der Waals surface area contributed by atoms with Crippen LogP contribution in [0.1, 0.15) is 24.0 Å². The smallest absolute Gasteiger partial charge is 0.235 e. The summed E-state index contributed by atoms with van der Waals surface area (Å²) in [5.74, 6) is -0.0141. The van der Waals surface area contributed by atoms with Crippen molar-refractivity contribution in [2.24, 2.45) is 0 Å². The van der Waals surface area contributed by atoms with E-state index in [4.69, 9.17) is 10.5 Å². The molecule has 2 rings (SSSR count). The van der Waals surface area contributed by atoms with Crippen LogP contribution in [0.15, 0.2) is 12.1 Å². The van der Waals surface area contributed by atoms with E-state index in [9.17, 15) is 8.42 Å². The van der Waals surface area contributed by atoms with Gasteiger partial charge in [0.25, 0.3) is 0 Å². The number of rotatable bonds is 4. The van der Waals surface area contributed by atoms with E-state index >= 15 is 0 Å². The van der Waals surface area contributed by atoms with Gasteiger partial charge >= 0.3 is 0 Å². The SMILES string of the molecule is Cc1ccc(N)c(NS(=O)(=O)CC2CCCO2)c1C. The van der Waals surface area contributed by atoms with Gasteiger partial charge in [0.1, 0.15) is 0 Å². The first-order valence-electron chi connectivity index (χ1n) is 6.37. The highest BCUT2D eigenvalue weighted by atomic mass is 32.2. The predicted molar refractivity (Wildman–Crippen MR) is 76.7 cm³/mol. The number of hydrogen-bond acceptors (Lipinski definition) is 4. The van der Waals surface area contributed by atoms with Gasteiger partial charge in [-0.25, -0.2) is 8.42 Å². The van der Waals surface area contributed by atoms with Gasteiger partial charge in [0, 0.05) is 6.61 Å². The number of sulfonamides is 1. The molecule has 1 aromatic rings. The number of ether oxygens (including phenoxy) is 1. The number of nitrogens with two attached hydrogens (primary N) is 1. The fraction of sp³-hybridized carbons (Fsp3) is 0.538. The van der Waals surface area contributed by atoms with E-state index in [1.807, 2.05) is 19.9 Å². The molecular formula is C13H20N2O3S. The fourth-order valence-electron chi connectivity index (χ4n) is 2.19. The van der Waals surface area contributed by atoms with Crippen LogP contribution in [0, 0.1) is 13.8 Å². The molecule has 6 heteroatoms. The zero-order valence-corrected chi connectivity index (χ0v) is 12.1. The Morgan fingerprint density at radius 3 is 2.79 bits per heavy atom. The first-order valence-corrected chi connectivity index (χ1v) is 8.02. The van der Waals surface area contributed by atoms with Crippen molar-refractivity contribution in [3.05, 3.63) is 23.3 Å². The Bertz CT molecular complexity index is 563. The van der Waals surface area contributed by atoms with Crippen molar-refractivity contribution in [2.75, 3.05) is 22.8 Å². The van der Waals surface area contributed by atoms with Crippen LogP contribution < -0.4 is 10.5 Å². The minimum atomic E-state index is -3.43. The second-order valence-electron chi connectivity index (χ2n) is 4.99. The van der Waals surface area contributed by atoms with Crippen molar-refractivity contribution in [3.8, 4) is 0 Å². The summed E-state index contributed by atoms with van der Waals surface area (Å²) in [5, 5.41) is 0. The van der Waals surface area contributed by atoms with Gasteiger partial charge in [-0.3, -0.25) is 4.72 Å². The maximum Gasteiger partial charge on any atom is 0.235 e. The number of aryl methyl sites for hydroxylation is 1. The largest absolute Gasteiger partial charge is 0.397 e. The zero-order chi connectivity index (χ0) is 14.0. The molecule has 5 nitrogen and oxygen atoms in total. The van der Waals surface area contributed by atoms with E-state index in [0.717, 1.165) is 24.0 Å². The third-order valence-corrected chi connectivity index (χ3v) is 4.78. The minimum Gasteiger partial charge on any atom is -0.397 e. The van der Waals surface area contributed by atoms with Gasteiger partial charge in [-0.2, -0.15) is 0 Å². The van der Waals surface area contributed by atoms with E-state index in [1.54, 1.807) is 6.07 Å². The van der Waals surface area contributed by atoms with Gasteiger partial charge in [-0.05, 0) is 43.9 Å². The molecule has 1 atom stereocenters. The van der Waals surface area contributed by atoms with E-state index in [0.29, 0.717) is 18.0 Å². The van der Waals surface area contributed by atoms with E-state index in [1.165, 1.54) is 0 Å². The van der Waals surface area contributed by atoms with Crippen LogP contribution >= 0.6 is 0 Å². The van der Waals surface area contributed by atoms with Crippen LogP contribution in [0.3, 0.4) is 0 Å². The van der Waals surface area contributed by atoms with Gasteiger partial charge in [0.05, 0.1) is 23.2 Å². The summed E-state index contributed by atoms with van der Waals surface area (Å²) < 4.78 is 32.2. The summed E-state index contributed by atoms with van der Waals surface area (Å²) >= 11 is 0. The summed E-state index contributed by atoms with van der Waals surface area (Å²) in [7, 11) is -3.43. The summed E-state index contributed by atoms with van der Waals surface area (Å²) in [6.45, 7) is 4.42. The lowest BCUT2D eigenvalue weighted by Crippen LogP contribution is -2.26. The van der Waals surface area contributed by atoms with E-state index in [-0.39, 0.29) is 11.9 Å². The molecule has 1 fully saturated rings. The van der Waals surface area contributed by atoms with Gasteiger partial charge in [0.15, 0.2) is 0 Å². The number of hydrogen-bond donors (Lipinski definition) is 2. The Morgan fingerprint density at radius 1 is 1.42 bits per heavy atom. The third-order valence-electron chi connectivity index (χ3n) is 3.45. The second kappa shape index (κ2) is 5.38. The van der Waals surface area contributed by atoms with Gasteiger partial charge < -0.3 is 10.5 Å². The molecule has 1 heterocycles. The number of anilines is 2. The molecule has 0 bridgehead atoms. The Balaban J connectivity index is 2.18. The molecule has 1 unspecified atom stereocenters. The molecule has 1 saturated heterocycles. The zero-order valence-electron chi connectivity index (χ0n) is 11.3. The van der Waals surface area contributed by atoms with Gasteiger partial charge in [-0.1, -0.05) is 6.07 Å². The second-order valence-corrected chi connectivity index (χ2v) is 6.76. The molecule has 3 N–H and O–H groups in total. The molecule has 1 aliphatic heterocycles. The maximum atomic E-state index is 12.1. The lowest BCUT2D eigenvalue weighted by Gasteiger charge is -2.16. The van der Waals surface area contributed by atoms with Crippen LogP contribution in [-0.2, 0) is 14.8 Å². The van der Waals surface area contributed by atoms with E-state index < -0.39 is 10.0 Å². The van der Waals surface area contributed by atoms with Crippen molar-refractivity contribution in [2.45, 2.75) is 32.8 Å². The summed E-state index contributed by atoms with van der Waals surface area (Å²) in [4.78, 5) is 0. The van der Waals surface area contributed by atoms with Crippen molar-refractivity contribution in [1.29, 1.82) is 0 Å². The van der Waals surface area contributed by atoms with Crippen molar-refractivity contribution >= 4 is 21.4 Å². The molecule has 0 aromatic heterocycles. The first-order chi connectivity index (χ1) is 8.89. The number of nitrogens with one attached hydrogen (secondary N) is 1. The Labute approximate surface area is 114 Å². The summed E-state index contributed by atoms with van der Waals surface area (Å²) in [6, 6.07) is 3.59. The Hall–Kier alpha value is -1.27. The summed E-state index contributed by atoms with van der Waals surface area (Å²) in [5.41, 5.74) is 8.64. The van der Waals surface area contributed by atoms with Gasteiger partial charge in [-0.15, -0.1) is 0 Å². The highest BCUT2D eigenvalue weighted by Crippen LogP contribution is 2.27. The molecule has 0 aliphatic carbocycles. The van der Waals surface area contributed by atoms with Crippen LogP contribution in [0.2, 0.25) is 0 Å². The van der Waals surface area contributed by atoms with Crippen LogP contribution in [0.5, 0.6) is 0 Å². The monoisotopic (exact) mass is 284 g/mol. The Morgan fingerprint density at radius 2 is 2.16 bits per heavy atom. The highest BCUT2D eigenvalue weighted by Gasteiger charge is 2.24. The topological polar surface area (TPSA) is 81.4 Å². The highest BCUT2D eigenvalue weighted by molar-refractivity contribution is 7.92. The molecule has 106 valence electrons. The molecule has 0 amide bonds. The van der Waals surface area contributed by atoms with Crippen LogP contribution in [-0.4, -0.2) is 26.9 Å². The standard InChI is InChI=1S/C13H20N2O3S/c1-9-5-6-12(14)13(10(9)2)15-19(16,17)8-11-4-3-7-18-11/h5-6,11,15H,3-4,7-8,14H2,1-2H3. The molecule has 19 heavy (non-hydrogen) atoms. The minimum absolute atomic E-state index is 0.0141. The van der Waals surface area contributed by atoms with Crippen molar-refractivity contribution in [3.63, 3.8) is 0 Å². The fourth-order valence-corrected chi connectivity index (χ4v) is 3.61. The quantitative estimate of drug-likeness (QED) is 0.826. The maximum absolute atomic E-state index is 12.1. The lowest BCUT2D eigenvalue weighted by atomic mass is 10.1. The molecule has 0 spiro atoms. The lowest BCUT2D eigenvalue weighted by molar-refractivity contribution is 0.127. The summed E-state index contributed by atoms with van der Waals surface area (Å²) in [6.07, 6.45) is 1.51. The number of nitrogen functional groups attached to an aromatic ring is 1. The van der Waals surface area contributed by atoms with E-state index in [2.05, 4.69) is 4.72 Å². The van der Waals surface area contributed by atoms with Crippen LogP contribution in [0.4, 0.5) is 11.4 Å². The Kier molecular flexibility index (Phi) is 4.01. The third kappa shape index (κ3) is 3.39. The average Bonchev–Trinajstić information content (AvgIpc) is 2.82. The van der Waals surface area contributed by atoms with Crippen molar-refractivity contribution in [1.82, 2.24) is 0 Å². The average molecular weight is 284 g/mol. The molecule has 1 aliphatic rings. The first kappa shape index (κ1) is 14.1. The van der Waals surface area contributed by atoms with Crippen LogP contribution in [0.25, 0.3) is 0 Å². The number of benzene rings is 1.